The van der Waals surface area contributed by atoms with Crippen molar-refractivity contribution >= 4 is 38.8 Å². The average Bonchev–Trinajstić information content (AvgIpc) is 3.59. The summed E-state index contributed by atoms with van der Waals surface area (Å²) in [7, 11) is 0. The van der Waals surface area contributed by atoms with Crippen LogP contribution in [0.5, 0.6) is 0 Å². The van der Waals surface area contributed by atoms with Crippen LogP contribution in [-0.4, -0.2) is 15.0 Å². The van der Waals surface area contributed by atoms with Crippen molar-refractivity contribution in [2.75, 3.05) is 0 Å². The molecule has 0 amide bonds. The predicted molar refractivity (Wildman–Crippen MR) is 209 cm³/mol. The highest BCUT2D eigenvalue weighted by molar-refractivity contribution is 6.12. The number of benzene rings is 7. The molecule has 0 atom stereocenters. The number of aromatic nitrogens is 3. The second-order valence-corrected chi connectivity index (χ2v) is 13.2. The first kappa shape index (κ1) is 29.3. The Balaban J connectivity index is 1.06. The lowest BCUT2D eigenvalue weighted by molar-refractivity contribution is 0.669. The summed E-state index contributed by atoms with van der Waals surface area (Å²) in [5.41, 5.74) is 12.0. The second kappa shape index (κ2) is 12.0. The third-order valence-corrected chi connectivity index (χ3v) is 9.98. The maximum Gasteiger partial charge on any atom is 0.164 e. The van der Waals surface area contributed by atoms with Crippen molar-refractivity contribution in [1.82, 2.24) is 15.0 Å². The number of nitrogens with zero attached hydrogens (tertiary/aromatic N) is 3. The van der Waals surface area contributed by atoms with Gasteiger partial charge < -0.3 is 4.42 Å². The summed E-state index contributed by atoms with van der Waals surface area (Å²) in [4.78, 5) is 15.1. The fourth-order valence-corrected chi connectivity index (χ4v) is 7.34. The van der Waals surface area contributed by atoms with E-state index in [1.54, 1.807) is 0 Å². The molecule has 1 aliphatic rings. The molecular formula is C47H31N3O. The second-order valence-electron chi connectivity index (χ2n) is 13.2. The van der Waals surface area contributed by atoms with Gasteiger partial charge in [-0.2, -0.15) is 0 Å². The van der Waals surface area contributed by atoms with E-state index in [1.165, 1.54) is 22.3 Å². The summed E-state index contributed by atoms with van der Waals surface area (Å²) >= 11 is 0. The molecule has 0 fully saturated rings. The van der Waals surface area contributed by atoms with Gasteiger partial charge in [-0.1, -0.05) is 140 Å². The lowest BCUT2D eigenvalue weighted by Gasteiger charge is -2.13. The first-order valence-corrected chi connectivity index (χ1v) is 17.4. The number of hydrogen-bond acceptors (Lipinski definition) is 4. The predicted octanol–water partition coefficient (Wildman–Crippen LogP) is 12.2. The summed E-state index contributed by atoms with van der Waals surface area (Å²) in [5.74, 6) is 1.93. The summed E-state index contributed by atoms with van der Waals surface area (Å²) in [6.45, 7) is 0. The highest BCUT2D eigenvalue weighted by Crippen LogP contribution is 2.38. The maximum atomic E-state index is 6.20. The Labute approximate surface area is 295 Å². The fraction of sp³-hybridized carbons (Fsp3) is 0.0426. The van der Waals surface area contributed by atoms with Crippen LogP contribution in [0.3, 0.4) is 0 Å². The van der Waals surface area contributed by atoms with E-state index in [1.807, 2.05) is 48.5 Å². The van der Waals surface area contributed by atoms with Crippen LogP contribution in [0.1, 0.15) is 17.5 Å². The van der Waals surface area contributed by atoms with E-state index in [4.69, 9.17) is 19.4 Å². The Hall–Kier alpha value is -6.65. The van der Waals surface area contributed by atoms with Gasteiger partial charge in [0.05, 0.1) is 0 Å². The number of furan rings is 1. The van der Waals surface area contributed by atoms with E-state index in [0.29, 0.717) is 17.5 Å². The van der Waals surface area contributed by atoms with Gasteiger partial charge in [-0.3, -0.25) is 0 Å². The minimum Gasteiger partial charge on any atom is -0.456 e. The number of hydrogen-bond donors (Lipinski definition) is 0. The Morgan fingerprint density at radius 3 is 1.94 bits per heavy atom. The molecule has 10 rings (SSSR count). The molecule has 0 spiro atoms. The van der Waals surface area contributed by atoms with Crippen LogP contribution in [0.25, 0.3) is 95.2 Å². The molecule has 0 radical (unpaired) electrons. The molecule has 51 heavy (non-hydrogen) atoms. The van der Waals surface area contributed by atoms with Crippen molar-refractivity contribution in [3.8, 4) is 56.4 Å². The largest absolute Gasteiger partial charge is 0.456 e. The zero-order valence-corrected chi connectivity index (χ0v) is 27.8. The molecule has 0 saturated carbocycles. The summed E-state index contributed by atoms with van der Waals surface area (Å²) in [6.07, 6.45) is 6.66. The summed E-state index contributed by atoms with van der Waals surface area (Å²) in [5, 5.41) is 4.52. The van der Waals surface area contributed by atoms with Crippen LogP contribution in [0.4, 0.5) is 0 Å². The van der Waals surface area contributed by atoms with Crippen LogP contribution < -0.4 is 0 Å². The van der Waals surface area contributed by atoms with Gasteiger partial charge in [-0.15, -0.1) is 0 Å². The molecule has 0 saturated heterocycles. The number of rotatable bonds is 5. The topological polar surface area (TPSA) is 51.8 Å². The Kier molecular flexibility index (Phi) is 6.91. The van der Waals surface area contributed by atoms with E-state index >= 15 is 0 Å². The van der Waals surface area contributed by atoms with Gasteiger partial charge >= 0.3 is 0 Å². The molecule has 0 unspecified atom stereocenters. The summed E-state index contributed by atoms with van der Waals surface area (Å²) < 4.78 is 6.20. The number of fused-ring (bicyclic) bond motifs is 5. The number of aryl methyl sites for hydroxylation is 1. The normalized spacial score (nSPS) is 12.5. The quantitative estimate of drug-likeness (QED) is 0.185. The average molecular weight is 654 g/mol. The van der Waals surface area contributed by atoms with Gasteiger partial charge in [-0.05, 0) is 81.3 Å². The van der Waals surface area contributed by atoms with E-state index < -0.39 is 0 Å². The van der Waals surface area contributed by atoms with Gasteiger partial charge in [0.2, 0.25) is 0 Å². The van der Waals surface area contributed by atoms with E-state index in [0.717, 1.165) is 73.4 Å². The number of allylic oxidation sites excluding steroid dienone is 1. The van der Waals surface area contributed by atoms with Gasteiger partial charge in [0.1, 0.15) is 11.2 Å². The molecule has 9 aromatic rings. The molecule has 2 aromatic heterocycles. The molecule has 4 nitrogen and oxygen atoms in total. The van der Waals surface area contributed by atoms with Crippen LogP contribution in [0.2, 0.25) is 0 Å². The smallest absolute Gasteiger partial charge is 0.164 e. The molecule has 240 valence electrons. The minimum absolute atomic E-state index is 0.640. The molecule has 1 aliphatic carbocycles. The van der Waals surface area contributed by atoms with Crippen molar-refractivity contribution < 1.29 is 4.42 Å². The Morgan fingerprint density at radius 1 is 0.451 bits per heavy atom. The zero-order chi connectivity index (χ0) is 33.7. The molecule has 2 heterocycles. The molecule has 7 aromatic carbocycles. The zero-order valence-electron chi connectivity index (χ0n) is 27.8. The molecule has 0 bridgehead atoms. The molecule has 0 N–H and O–H groups in total. The monoisotopic (exact) mass is 653 g/mol. The fourth-order valence-electron chi connectivity index (χ4n) is 7.34. The highest BCUT2D eigenvalue weighted by Gasteiger charge is 2.16. The van der Waals surface area contributed by atoms with Gasteiger partial charge in [-0.25, -0.2) is 15.0 Å². The van der Waals surface area contributed by atoms with Crippen molar-refractivity contribution in [2.24, 2.45) is 0 Å². The van der Waals surface area contributed by atoms with E-state index in [9.17, 15) is 0 Å². The first-order chi connectivity index (χ1) is 25.2. The SMILES string of the molecule is C1=Cc2ccc(-c3ccc(-c4nc(-c5ccccc5)nc(-c5ccc6ccc(-c7cccc8oc9ccccc9c78)cc6c5)n4)cc3)cc2CC1. The summed E-state index contributed by atoms with van der Waals surface area (Å²) in [6, 6.07) is 53.1. The first-order valence-electron chi connectivity index (χ1n) is 17.4. The van der Waals surface area contributed by atoms with Crippen LogP contribution in [0.15, 0.2) is 162 Å². The van der Waals surface area contributed by atoms with Crippen molar-refractivity contribution in [1.29, 1.82) is 0 Å². The lowest BCUT2D eigenvalue weighted by Crippen LogP contribution is -2.00. The highest BCUT2D eigenvalue weighted by atomic mass is 16.3. The Morgan fingerprint density at radius 2 is 1.10 bits per heavy atom. The minimum atomic E-state index is 0.640. The van der Waals surface area contributed by atoms with Crippen molar-refractivity contribution in [3.05, 3.63) is 169 Å². The van der Waals surface area contributed by atoms with Crippen molar-refractivity contribution in [2.45, 2.75) is 12.8 Å². The lowest BCUT2D eigenvalue weighted by atomic mass is 9.93. The van der Waals surface area contributed by atoms with Gasteiger partial charge in [0.15, 0.2) is 17.5 Å². The molecule has 0 aliphatic heterocycles. The van der Waals surface area contributed by atoms with Crippen molar-refractivity contribution in [3.63, 3.8) is 0 Å². The van der Waals surface area contributed by atoms with Crippen LogP contribution in [-0.2, 0) is 6.42 Å². The van der Waals surface area contributed by atoms with Crippen LogP contribution in [0, 0.1) is 0 Å². The third kappa shape index (κ3) is 5.29. The van der Waals surface area contributed by atoms with E-state index in [-0.39, 0.29) is 0 Å². The standard InChI is InChI=1S/C47H31N3O/c1-2-10-33(11-3-1)45-48-46(34-22-17-31(18-23-34)36-24-19-30-9-4-5-12-35(30)27-36)50-47(49-45)38-26-21-32-20-25-37(28-39(32)29-38)40-14-8-16-43-44(40)41-13-6-7-15-42(41)51-43/h1-4,6-11,13-29H,5,12H2. The molecular weight excluding hydrogens is 623 g/mol. The molecule has 4 heteroatoms. The van der Waals surface area contributed by atoms with Gasteiger partial charge in [0, 0.05) is 27.5 Å². The Bertz CT molecular complexity index is 2800. The van der Waals surface area contributed by atoms with Crippen LogP contribution >= 0.6 is 0 Å². The third-order valence-electron chi connectivity index (χ3n) is 9.98. The van der Waals surface area contributed by atoms with Gasteiger partial charge in [0.25, 0.3) is 0 Å². The maximum absolute atomic E-state index is 6.20. The van der Waals surface area contributed by atoms with E-state index in [2.05, 4.69) is 115 Å². The number of para-hydroxylation sites is 1.